The third-order valence-electron chi connectivity index (χ3n) is 3.24. The fourth-order valence-corrected chi connectivity index (χ4v) is 3.82. The van der Waals surface area contributed by atoms with Gasteiger partial charge >= 0.3 is 0 Å². The van der Waals surface area contributed by atoms with E-state index in [-0.39, 0.29) is 0 Å². The quantitative estimate of drug-likeness (QED) is 0.462. The number of nitrogens with zero attached hydrogens (tertiary/aromatic N) is 4. The molecule has 0 aliphatic carbocycles. The van der Waals surface area contributed by atoms with Gasteiger partial charge < -0.3 is 0 Å². The van der Waals surface area contributed by atoms with Crippen LogP contribution in [0, 0.1) is 0 Å². The topological polar surface area (TPSA) is 43.1 Å². The van der Waals surface area contributed by atoms with Crippen LogP contribution in [-0.4, -0.2) is 19.8 Å². The maximum absolute atomic E-state index is 6.26. The van der Waals surface area contributed by atoms with E-state index in [4.69, 9.17) is 34.8 Å². The second kappa shape index (κ2) is 5.76. The van der Waals surface area contributed by atoms with Crippen LogP contribution in [0.25, 0.3) is 26.9 Å². The van der Waals surface area contributed by atoms with Crippen LogP contribution in [0.5, 0.6) is 0 Å². The van der Waals surface area contributed by atoms with E-state index in [1.807, 2.05) is 30.3 Å². The average Bonchev–Trinajstić information content (AvgIpc) is 3.07. The lowest BCUT2D eigenvalue weighted by molar-refractivity contribution is 0.971. The second-order valence-electron chi connectivity index (χ2n) is 4.76. The van der Waals surface area contributed by atoms with Gasteiger partial charge in [-0.3, -0.25) is 0 Å². The molecule has 4 aromatic rings. The average molecular weight is 382 g/mol. The molecule has 0 amide bonds. The van der Waals surface area contributed by atoms with Gasteiger partial charge in [0, 0.05) is 21.2 Å². The molecule has 0 fully saturated rings. The molecular formula is C15H7Cl3N4S. The summed E-state index contributed by atoms with van der Waals surface area (Å²) in [5, 5.41) is 15.5. The predicted octanol–water partition coefficient (Wildman–Crippen LogP) is 5.48. The Balaban J connectivity index is 1.86. The molecule has 0 aliphatic heterocycles. The van der Waals surface area contributed by atoms with Crippen molar-refractivity contribution in [2.24, 2.45) is 0 Å². The minimum atomic E-state index is 0.548. The zero-order valence-electron chi connectivity index (χ0n) is 11.4. The van der Waals surface area contributed by atoms with Crippen molar-refractivity contribution in [3.8, 4) is 22.0 Å². The number of halogens is 3. The van der Waals surface area contributed by atoms with Crippen LogP contribution < -0.4 is 0 Å². The molecule has 0 saturated heterocycles. The smallest absolute Gasteiger partial charge is 0.182 e. The highest BCUT2D eigenvalue weighted by atomic mass is 35.5. The lowest BCUT2D eigenvalue weighted by atomic mass is 10.2. The lowest BCUT2D eigenvalue weighted by Crippen LogP contribution is -1.91. The van der Waals surface area contributed by atoms with Gasteiger partial charge in [-0.2, -0.15) is 9.61 Å². The zero-order chi connectivity index (χ0) is 16.0. The first-order valence-electron chi connectivity index (χ1n) is 6.55. The van der Waals surface area contributed by atoms with Crippen LogP contribution in [0.3, 0.4) is 0 Å². The van der Waals surface area contributed by atoms with Crippen LogP contribution in [-0.2, 0) is 0 Å². The Hall–Kier alpha value is -1.66. The first-order chi connectivity index (χ1) is 11.1. The van der Waals surface area contributed by atoms with Crippen molar-refractivity contribution in [1.82, 2.24) is 19.8 Å². The maximum atomic E-state index is 6.26. The van der Waals surface area contributed by atoms with Gasteiger partial charge in [0.25, 0.3) is 0 Å². The van der Waals surface area contributed by atoms with Gasteiger partial charge in [0.1, 0.15) is 5.01 Å². The van der Waals surface area contributed by atoms with E-state index < -0.39 is 0 Å². The molecule has 2 aromatic heterocycles. The molecule has 4 rings (SSSR count). The molecule has 0 unspecified atom stereocenters. The summed E-state index contributed by atoms with van der Waals surface area (Å²) in [6.45, 7) is 0. The summed E-state index contributed by atoms with van der Waals surface area (Å²) in [6.07, 6.45) is 0. The Morgan fingerprint density at radius 1 is 0.913 bits per heavy atom. The van der Waals surface area contributed by atoms with Gasteiger partial charge in [-0.15, -0.1) is 10.2 Å². The predicted molar refractivity (Wildman–Crippen MR) is 94.6 cm³/mol. The molecule has 2 heterocycles. The Morgan fingerprint density at radius 3 is 2.52 bits per heavy atom. The highest BCUT2D eigenvalue weighted by Gasteiger charge is 2.16. The minimum Gasteiger partial charge on any atom is -0.182 e. The van der Waals surface area contributed by atoms with Gasteiger partial charge in [-0.1, -0.05) is 58.3 Å². The second-order valence-corrected chi connectivity index (χ2v) is 7.00. The summed E-state index contributed by atoms with van der Waals surface area (Å²) in [4.78, 5) is 0.681. The Labute approximate surface area is 150 Å². The van der Waals surface area contributed by atoms with E-state index in [1.165, 1.54) is 11.3 Å². The molecule has 2 aromatic carbocycles. The third kappa shape index (κ3) is 2.70. The lowest BCUT2D eigenvalue weighted by Gasteiger charge is -2.00. The van der Waals surface area contributed by atoms with E-state index in [1.54, 1.807) is 16.6 Å². The van der Waals surface area contributed by atoms with Crippen molar-refractivity contribution < 1.29 is 0 Å². The summed E-state index contributed by atoms with van der Waals surface area (Å²) in [5.41, 5.74) is 1.66. The molecule has 0 radical (unpaired) electrons. The zero-order valence-corrected chi connectivity index (χ0v) is 14.5. The van der Waals surface area contributed by atoms with Crippen molar-refractivity contribution in [3.63, 3.8) is 0 Å². The number of fused-ring (bicyclic) bond motifs is 1. The van der Waals surface area contributed by atoms with Crippen LogP contribution in [0.1, 0.15) is 0 Å². The number of hydrogen-bond acceptors (Lipinski definition) is 4. The van der Waals surface area contributed by atoms with Crippen molar-refractivity contribution in [3.05, 3.63) is 57.5 Å². The molecule has 0 atom stereocenters. The molecule has 114 valence electrons. The van der Waals surface area contributed by atoms with E-state index in [0.717, 1.165) is 16.1 Å². The van der Waals surface area contributed by atoms with Crippen molar-refractivity contribution in [1.29, 1.82) is 0 Å². The van der Waals surface area contributed by atoms with Gasteiger partial charge in [0.15, 0.2) is 5.82 Å². The Bertz CT molecular complexity index is 1020. The first-order valence-corrected chi connectivity index (χ1v) is 8.50. The molecule has 0 saturated carbocycles. The van der Waals surface area contributed by atoms with Crippen LogP contribution in [0.4, 0.5) is 0 Å². The van der Waals surface area contributed by atoms with Crippen molar-refractivity contribution >= 4 is 51.1 Å². The van der Waals surface area contributed by atoms with Gasteiger partial charge in [-0.05, 0) is 30.3 Å². The van der Waals surface area contributed by atoms with E-state index in [0.29, 0.717) is 25.9 Å². The number of benzene rings is 2. The standard InChI is InChI=1S/C15H7Cl3N4S/c16-9-3-1-2-8(6-9)13-19-20-15-22(13)21-14(23-15)11-5-4-10(17)7-12(11)18/h1-7H. The third-order valence-corrected chi connectivity index (χ3v) is 4.95. The monoisotopic (exact) mass is 380 g/mol. The van der Waals surface area contributed by atoms with Gasteiger partial charge in [-0.25, -0.2) is 0 Å². The molecule has 0 aliphatic rings. The highest BCUT2D eigenvalue weighted by Crippen LogP contribution is 2.34. The molecular weight excluding hydrogens is 375 g/mol. The molecule has 4 nitrogen and oxygen atoms in total. The summed E-state index contributed by atoms with van der Waals surface area (Å²) in [6, 6.07) is 12.7. The fourth-order valence-electron chi connectivity index (χ4n) is 2.20. The Morgan fingerprint density at radius 2 is 1.74 bits per heavy atom. The summed E-state index contributed by atoms with van der Waals surface area (Å²) < 4.78 is 1.69. The van der Waals surface area contributed by atoms with Gasteiger partial charge in [0.05, 0.1) is 5.02 Å². The fraction of sp³-hybridized carbons (Fsp3) is 0. The van der Waals surface area contributed by atoms with E-state index >= 15 is 0 Å². The SMILES string of the molecule is Clc1cccc(-c2nnc3sc(-c4ccc(Cl)cc4Cl)nn23)c1. The normalized spacial score (nSPS) is 11.3. The first kappa shape index (κ1) is 14.9. The van der Waals surface area contributed by atoms with Crippen molar-refractivity contribution in [2.75, 3.05) is 0 Å². The molecule has 8 heteroatoms. The van der Waals surface area contributed by atoms with Crippen molar-refractivity contribution in [2.45, 2.75) is 0 Å². The van der Waals surface area contributed by atoms with Crippen LogP contribution in [0.15, 0.2) is 42.5 Å². The molecule has 23 heavy (non-hydrogen) atoms. The molecule has 0 spiro atoms. The van der Waals surface area contributed by atoms with Gasteiger partial charge in [0.2, 0.25) is 4.96 Å². The Kier molecular flexibility index (Phi) is 3.73. The van der Waals surface area contributed by atoms with Crippen LogP contribution in [0.2, 0.25) is 15.1 Å². The number of rotatable bonds is 2. The maximum Gasteiger partial charge on any atom is 0.235 e. The van der Waals surface area contributed by atoms with Crippen LogP contribution >= 0.6 is 46.1 Å². The largest absolute Gasteiger partial charge is 0.235 e. The number of hydrogen-bond donors (Lipinski definition) is 0. The summed E-state index contributed by atoms with van der Waals surface area (Å²) in [5.74, 6) is 0.634. The molecule has 0 bridgehead atoms. The van der Waals surface area contributed by atoms with E-state index in [2.05, 4.69) is 15.3 Å². The minimum absolute atomic E-state index is 0.548. The molecule has 0 N–H and O–H groups in total. The highest BCUT2D eigenvalue weighted by molar-refractivity contribution is 7.19. The number of aromatic nitrogens is 4. The van der Waals surface area contributed by atoms with E-state index in [9.17, 15) is 0 Å². The summed E-state index contributed by atoms with van der Waals surface area (Å²) in [7, 11) is 0. The summed E-state index contributed by atoms with van der Waals surface area (Å²) >= 11 is 19.6.